The van der Waals surface area contributed by atoms with Crippen LogP contribution in [-0.2, 0) is 4.74 Å². The second-order valence-electron chi connectivity index (χ2n) is 5.67. The second-order valence-corrected chi connectivity index (χ2v) is 5.67. The molecule has 2 nitrogen and oxygen atoms in total. The van der Waals surface area contributed by atoms with Crippen LogP contribution in [-0.4, -0.2) is 26.4 Å². The molecule has 0 bridgehead atoms. The van der Waals surface area contributed by atoms with E-state index in [2.05, 4.69) is 5.32 Å². The summed E-state index contributed by atoms with van der Waals surface area (Å²) < 4.78 is 44.4. The third-order valence-electron chi connectivity index (χ3n) is 3.23. The highest BCUT2D eigenvalue weighted by molar-refractivity contribution is 5.20. The topological polar surface area (TPSA) is 21.3 Å². The molecule has 0 amide bonds. The number of alkyl halides is 3. The van der Waals surface area contributed by atoms with Gasteiger partial charge < -0.3 is 10.1 Å². The summed E-state index contributed by atoms with van der Waals surface area (Å²) in [5.74, 6) is 0. The van der Waals surface area contributed by atoms with E-state index in [1.165, 1.54) is 12.1 Å². The molecule has 1 aromatic rings. The average molecular weight is 289 g/mol. The normalized spacial score (nSPS) is 14.3. The lowest BCUT2D eigenvalue weighted by molar-refractivity contribution is -0.158. The monoisotopic (exact) mass is 289 g/mol. The van der Waals surface area contributed by atoms with Crippen LogP contribution in [0, 0.1) is 5.41 Å². The maximum absolute atomic E-state index is 13.1. The van der Waals surface area contributed by atoms with E-state index in [1.54, 1.807) is 25.3 Å². The van der Waals surface area contributed by atoms with E-state index in [1.807, 2.05) is 13.8 Å². The van der Waals surface area contributed by atoms with E-state index in [0.29, 0.717) is 13.0 Å². The lowest BCUT2D eigenvalue weighted by atomic mass is 9.89. The molecule has 0 radical (unpaired) electrons. The number of hydrogen-bond donors (Lipinski definition) is 1. The molecule has 114 valence electrons. The fraction of sp³-hybridized carbons (Fsp3) is 0.600. The molecule has 0 saturated carbocycles. The Morgan fingerprint density at radius 2 is 1.75 bits per heavy atom. The number of nitrogens with one attached hydrogen (secondary N) is 1. The Morgan fingerprint density at radius 1 is 1.15 bits per heavy atom. The van der Waals surface area contributed by atoms with Crippen molar-refractivity contribution in [2.45, 2.75) is 32.5 Å². The predicted octanol–water partition coefficient (Wildman–Crippen LogP) is 3.94. The van der Waals surface area contributed by atoms with Crippen LogP contribution in [0.3, 0.4) is 0 Å². The molecule has 20 heavy (non-hydrogen) atoms. The maximum atomic E-state index is 13.1. The van der Waals surface area contributed by atoms with Crippen molar-refractivity contribution < 1.29 is 17.9 Å². The molecule has 0 saturated heterocycles. The summed E-state index contributed by atoms with van der Waals surface area (Å²) >= 11 is 0. The van der Waals surface area contributed by atoms with Crippen LogP contribution in [0.5, 0.6) is 0 Å². The maximum Gasteiger partial charge on any atom is 0.407 e. The van der Waals surface area contributed by atoms with Crippen molar-refractivity contribution in [1.29, 1.82) is 0 Å². The van der Waals surface area contributed by atoms with Crippen LogP contribution < -0.4 is 5.32 Å². The molecule has 1 aromatic carbocycles. The van der Waals surface area contributed by atoms with Crippen molar-refractivity contribution in [2.75, 3.05) is 20.3 Å². The van der Waals surface area contributed by atoms with Crippen LogP contribution >= 0.6 is 0 Å². The van der Waals surface area contributed by atoms with E-state index >= 15 is 0 Å². The Bertz CT molecular complexity index is 390. The minimum absolute atomic E-state index is 0.238. The quantitative estimate of drug-likeness (QED) is 0.821. The van der Waals surface area contributed by atoms with E-state index in [-0.39, 0.29) is 17.5 Å². The molecule has 1 atom stereocenters. The summed E-state index contributed by atoms with van der Waals surface area (Å²) in [7, 11) is 1.59. The van der Waals surface area contributed by atoms with Crippen molar-refractivity contribution in [3.8, 4) is 0 Å². The number of ether oxygens (including phenoxy) is 1. The Morgan fingerprint density at radius 3 is 2.25 bits per heavy atom. The van der Waals surface area contributed by atoms with Gasteiger partial charge in [-0.25, -0.2) is 0 Å². The molecule has 1 N–H and O–H groups in total. The number of methoxy groups -OCH3 is 1. The van der Waals surface area contributed by atoms with Gasteiger partial charge in [0.1, 0.15) is 6.04 Å². The van der Waals surface area contributed by atoms with Gasteiger partial charge in [0.2, 0.25) is 0 Å². The van der Waals surface area contributed by atoms with Crippen molar-refractivity contribution >= 4 is 0 Å². The summed E-state index contributed by atoms with van der Waals surface area (Å²) in [4.78, 5) is 0. The summed E-state index contributed by atoms with van der Waals surface area (Å²) in [5.41, 5.74) is -0.0172. The first-order valence-electron chi connectivity index (χ1n) is 6.60. The van der Waals surface area contributed by atoms with Gasteiger partial charge in [-0.15, -0.1) is 0 Å². The summed E-state index contributed by atoms with van der Waals surface area (Å²) in [6.45, 7) is 4.67. The highest BCUT2D eigenvalue weighted by Gasteiger charge is 2.41. The lowest BCUT2D eigenvalue weighted by Gasteiger charge is -2.29. The molecule has 0 aliphatic rings. The zero-order valence-electron chi connectivity index (χ0n) is 12.1. The van der Waals surface area contributed by atoms with Crippen LogP contribution in [0.1, 0.15) is 31.9 Å². The predicted molar refractivity (Wildman–Crippen MR) is 73.5 cm³/mol. The van der Waals surface area contributed by atoms with Crippen LogP contribution in [0.2, 0.25) is 0 Å². The smallest absolute Gasteiger partial charge is 0.385 e. The van der Waals surface area contributed by atoms with Crippen molar-refractivity contribution in [2.24, 2.45) is 5.41 Å². The number of benzene rings is 1. The molecular formula is C15H22F3NO. The Labute approximate surface area is 118 Å². The van der Waals surface area contributed by atoms with E-state index in [9.17, 15) is 13.2 Å². The molecule has 1 rings (SSSR count). The highest BCUT2D eigenvalue weighted by atomic mass is 19.4. The fourth-order valence-electron chi connectivity index (χ4n) is 1.91. The standard InChI is InChI=1S/C15H22F3NO/c1-14(2,9-10-20-3)11-19-13(15(16,17)18)12-7-5-4-6-8-12/h4-8,13,19H,9-11H2,1-3H3. The first-order chi connectivity index (χ1) is 9.26. The molecule has 0 heterocycles. The van der Waals surface area contributed by atoms with Gasteiger partial charge in [0, 0.05) is 20.3 Å². The van der Waals surface area contributed by atoms with Crippen LogP contribution in [0.15, 0.2) is 30.3 Å². The molecule has 0 spiro atoms. The largest absolute Gasteiger partial charge is 0.407 e. The Hall–Kier alpha value is -1.07. The van der Waals surface area contributed by atoms with Crippen molar-refractivity contribution in [1.82, 2.24) is 5.32 Å². The third kappa shape index (κ3) is 5.51. The second kappa shape index (κ2) is 7.09. The zero-order chi connectivity index (χ0) is 15.2. The Kier molecular flexibility index (Phi) is 6.02. The van der Waals surface area contributed by atoms with Gasteiger partial charge in [0.25, 0.3) is 0 Å². The highest BCUT2D eigenvalue weighted by Crippen LogP contribution is 2.33. The number of rotatable bonds is 7. The average Bonchev–Trinajstić information content (AvgIpc) is 2.36. The molecule has 0 aliphatic heterocycles. The molecule has 5 heteroatoms. The van der Waals surface area contributed by atoms with Gasteiger partial charge >= 0.3 is 6.18 Å². The minimum atomic E-state index is -4.31. The molecule has 0 fully saturated rings. The molecule has 0 aromatic heterocycles. The van der Waals surface area contributed by atoms with Crippen molar-refractivity contribution in [3.63, 3.8) is 0 Å². The van der Waals surface area contributed by atoms with Crippen LogP contribution in [0.4, 0.5) is 13.2 Å². The lowest BCUT2D eigenvalue weighted by Crippen LogP contribution is -2.39. The van der Waals surface area contributed by atoms with Gasteiger partial charge in [-0.1, -0.05) is 44.2 Å². The van der Waals surface area contributed by atoms with E-state index in [4.69, 9.17) is 4.74 Å². The van der Waals surface area contributed by atoms with Crippen molar-refractivity contribution in [3.05, 3.63) is 35.9 Å². The first-order valence-corrected chi connectivity index (χ1v) is 6.60. The molecule has 1 unspecified atom stereocenters. The zero-order valence-corrected chi connectivity index (χ0v) is 12.1. The van der Waals surface area contributed by atoms with Gasteiger partial charge in [-0.3, -0.25) is 0 Å². The number of halogens is 3. The van der Waals surface area contributed by atoms with Crippen LogP contribution in [0.25, 0.3) is 0 Å². The molecule has 0 aliphatic carbocycles. The van der Waals surface area contributed by atoms with E-state index in [0.717, 1.165) is 0 Å². The fourth-order valence-corrected chi connectivity index (χ4v) is 1.91. The van der Waals surface area contributed by atoms with Gasteiger partial charge in [0.15, 0.2) is 0 Å². The molecular weight excluding hydrogens is 267 g/mol. The summed E-state index contributed by atoms with van der Waals surface area (Å²) in [6, 6.07) is 6.29. The van der Waals surface area contributed by atoms with Gasteiger partial charge in [-0.05, 0) is 17.4 Å². The summed E-state index contributed by atoms with van der Waals surface area (Å²) in [6.07, 6.45) is -3.60. The van der Waals surface area contributed by atoms with Gasteiger partial charge in [-0.2, -0.15) is 13.2 Å². The third-order valence-corrected chi connectivity index (χ3v) is 3.23. The van der Waals surface area contributed by atoms with Gasteiger partial charge in [0.05, 0.1) is 0 Å². The first kappa shape index (κ1) is 17.0. The van der Waals surface area contributed by atoms with E-state index < -0.39 is 12.2 Å². The SMILES string of the molecule is COCCC(C)(C)CNC(c1ccccc1)C(F)(F)F. The minimum Gasteiger partial charge on any atom is -0.385 e. The number of hydrogen-bond acceptors (Lipinski definition) is 2. The summed E-state index contributed by atoms with van der Waals surface area (Å²) in [5, 5.41) is 2.64. The Balaban J connectivity index is 2.73.